The second kappa shape index (κ2) is 12.3. The molecular formula is C37H33N3O7S2. The van der Waals surface area contributed by atoms with Gasteiger partial charge in [-0.1, -0.05) is 47.7 Å². The minimum atomic E-state index is -0.489. The van der Waals surface area contributed by atoms with Crippen LogP contribution in [-0.4, -0.2) is 47.1 Å². The van der Waals surface area contributed by atoms with E-state index in [4.69, 9.17) is 9.47 Å². The van der Waals surface area contributed by atoms with Gasteiger partial charge in [-0.05, 0) is 80.0 Å². The number of aryl methyl sites for hydroxylation is 1. The van der Waals surface area contributed by atoms with Crippen LogP contribution in [0.3, 0.4) is 0 Å². The van der Waals surface area contributed by atoms with Gasteiger partial charge in [0.2, 0.25) is 11.8 Å². The lowest BCUT2D eigenvalue weighted by Crippen LogP contribution is -2.42. The summed E-state index contributed by atoms with van der Waals surface area (Å²) in [5, 5.41) is 3.70. The van der Waals surface area contributed by atoms with Crippen LogP contribution in [0.25, 0.3) is 0 Å². The molecule has 10 nitrogen and oxygen atoms in total. The van der Waals surface area contributed by atoms with Crippen molar-refractivity contribution in [1.82, 2.24) is 4.98 Å². The number of imide groups is 1. The van der Waals surface area contributed by atoms with Gasteiger partial charge in [0.15, 0.2) is 6.61 Å². The minimum Gasteiger partial charge on any atom is -0.483 e. The van der Waals surface area contributed by atoms with E-state index in [1.807, 2.05) is 55.5 Å². The number of aromatic amines is 1. The number of nitrogens with one attached hydrogen (secondary N) is 2. The van der Waals surface area contributed by atoms with Crippen molar-refractivity contribution in [1.29, 1.82) is 0 Å². The quantitative estimate of drug-likeness (QED) is 0.179. The number of hydrogen-bond donors (Lipinski definition) is 2. The molecule has 49 heavy (non-hydrogen) atoms. The molecule has 0 radical (unpaired) electrons. The normalized spacial score (nSPS) is 26.2. The summed E-state index contributed by atoms with van der Waals surface area (Å²) in [4.78, 5) is 71.2. The second-order valence-electron chi connectivity index (χ2n) is 12.9. The first kappa shape index (κ1) is 31.6. The minimum absolute atomic E-state index is 0.00528. The zero-order valence-electron chi connectivity index (χ0n) is 26.7. The monoisotopic (exact) mass is 695 g/mol. The number of fused-ring (bicyclic) bond motifs is 9. The standard InChI is InChI=1S/C37H33N3O7S2/c1-3-46-36(44)19-12-14-20(15-13-19)40-34(42)29-22-16-23(30(29)35(40)43)31-28(22)27(32-33(48-31)39-37(45)49-32)21-9-5-7-11-25(21)47-17-26(41)38-24-10-6-4-8-18(24)2/h4-15,22-23,27-31H,3,16-17H2,1-2H3,(H,38,41)(H,39,45)/t22?,23?,27-,28?,29?,30?,31?/m1/s1. The summed E-state index contributed by atoms with van der Waals surface area (Å²) in [6, 6.07) is 21.5. The van der Waals surface area contributed by atoms with E-state index in [0.29, 0.717) is 17.0 Å². The molecule has 2 aliphatic carbocycles. The maximum atomic E-state index is 14.2. The van der Waals surface area contributed by atoms with Gasteiger partial charge in [0.1, 0.15) is 5.75 Å². The van der Waals surface area contributed by atoms with Crippen LogP contribution in [0.2, 0.25) is 0 Å². The molecular weight excluding hydrogens is 663 g/mol. The van der Waals surface area contributed by atoms with Crippen LogP contribution in [0, 0.1) is 36.5 Å². The van der Waals surface area contributed by atoms with E-state index in [9.17, 15) is 24.0 Å². The number of benzene rings is 3. The lowest BCUT2D eigenvalue weighted by atomic mass is 9.68. The van der Waals surface area contributed by atoms with Gasteiger partial charge in [0.05, 0.1) is 34.7 Å². The molecule has 2 N–H and O–H groups in total. The van der Waals surface area contributed by atoms with E-state index in [0.717, 1.165) is 33.1 Å². The van der Waals surface area contributed by atoms with Gasteiger partial charge < -0.3 is 19.8 Å². The molecule has 2 saturated carbocycles. The Hall–Kier alpha value is -4.68. The molecule has 3 aromatic carbocycles. The number of ether oxygens (including phenoxy) is 2. The summed E-state index contributed by atoms with van der Waals surface area (Å²) in [7, 11) is 0. The molecule has 8 rings (SSSR count). The van der Waals surface area contributed by atoms with E-state index in [1.54, 1.807) is 43.0 Å². The molecule has 2 bridgehead atoms. The number of para-hydroxylation sites is 2. The number of carbonyl (C=O) groups is 4. The fourth-order valence-electron chi connectivity index (χ4n) is 8.49. The molecule has 1 saturated heterocycles. The molecule has 12 heteroatoms. The van der Waals surface area contributed by atoms with Gasteiger partial charge in [0, 0.05) is 27.3 Å². The molecule has 1 aromatic heterocycles. The van der Waals surface area contributed by atoms with Crippen LogP contribution in [0.1, 0.15) is 45.6 Å². The van der Waals surface area contributed by atoms with Crippen molar-refractivity contribution in [2.24, 2.45) is 29.6 Å². The van der Waals surface area contributed by atoms with Gasteiger partial charge in [-0.25, -0.2) is 4.79 Å². The first-order valence-electron chi connectivity index (χ1n) is 16.4. The highest BCUT2D eigenvalue weighted by Crippen LogP contribution is 2.69. The summed E-state index contributed by atoms with van der Waals surface area (Å²) in [5.41, 5.74) is 3.30. The third kappa shape index (κ3) is 5.19. The highest BCUT2D eigenvalue weighted by Gasteiger charge is 2.69. The number of rotatable bonds is 8. The fraction of sp³-hybridized carbons (Fsp3) is 0.324. The molecule has 3 heterocycles. The molecule has 3 amide bonds. The number of H-pyrrole nitrogens is 1. The summed E-state index contributed by atoms with van der Waals surface area (Å²) in [5.74, 6) is -2.05. The van der Waals surface area contributed by atoms with Crippen LogP contribution in [0.15, 0.2) is 82.6 Å². The summed E-state index contributed by atoms with van der Waals surface area (Å²) >= 11 is 2.78. The Morgan fingerprint density at radius 1 is 0.939 bits per heavy atom. The zero-order chi connectivity index (χ0) is 34.0. The fourth-order valence-corrected chi connectivity index (χ4v) is 11.4. The molecule has 250 valence electrons. The third-order valence-corrected chi connectivity index (χ3v) is 13.0. The predicted octanol–water partition coefficient (Wildman–Crippen LogP) is 5.62. The average molecular weight is 696 g/mol. The molecule has 0 spiro atoms. The van der Waals surface area contributed by atoms with E-state index in [2.05, 4.69) is 10.3 Å². The van der Waals surface area contributed by atoms with Gasteiger partial charge >= 0.3 is 10.8 Å². The summed E-state index contributed by atoms with van der Waals surface area (Å²) in [6.07, 6.45) is 0.738. The number of thiazole rings is 1. The van der Waals surface area contributed by atoms with Crippen molar-refractivity contribution in [3.05, 3.63) is 104 Å². The van der Waals surface area contributed by atoms with Gasteiger partial charge in [-0.3, -0.25) is 24.1 Å². The van der Waals surface area contributed by atoms with Crippen molar-refractivity contribution >= 4 is 58.2 Å². The van der Waals surface area contributed by atoms with E-state index in [1.165, 1.54) is 16.2 Å². The van der Waals surface area contributed by atoms with Crippen LogP contribution >= 0.6 is 23.1 Å². The molecule has 4 aliphatic rings. The number of esters is 1. The van der Waals surface area contributed by atoms with Crippen molar-refractivity contribution in [3.8, 4) is 5.75 Å². The summed E-state index contributed by atoms with van der Waals surface area (Å²) in [6.45, 7) is 3.70. The van der Waals surface area contributed by atoms with E-state index in [-0.39, 0.29) is 64.7 Å². The first-order chi connectivity index (χ1) is 23.7. The molecule has 4 aromatic rings. The smallest absolute Gasteiger partial charge is 0.338 e. The summed E-state index contributed by atoms with van der Waals surface area (Å²) < 4.78 is 11.3. The number of thioether (sulfide) groups is 1. The first-order valence-corrected chi connectivity index (χ1v) is 18.1. The second-order valence-corrected chi connectivity index (χ2v) is 15.1. The molecule has 3 fully saturated rings. The zero-order valence-corrected chi connectivity index (χ0v) is 28.3. The maximum absolute atomic E-state index is 14.2. The SMILES string of the molecule is CCOC(=O)c1ccc(N2C(=O)C3C4CC(C3C2=O)C2C4Sc3[nH]c(=O)sc3[C@@H]2c2ccccc2OCC(=O)Nc2ccccc2C)cc1. The highest BCUT2D eigenvalue weighted by molar-refractivity contribution is 8.00. The van der Waals surface area contributed by atoms with Gasteiger partial charge in [-0.15, -0.1) is 11.8 Å². The van der Waals surface area contributed by atoms with E-state index >= 15 is 0 Å². The Balaban J connectivity index is 1.10. The third-order valence-electron chi connectivity index (χ3n) is 10.4. The molecule has 2 aliphatic heterocycles. The number of amides is 3. The number of hydrogen-bond acceptors (Lipinski definition) is 9. The van der Waals surface area contributed by atoms with Crippen LogP contribution in [-0.2, 0) is 19.1 Å². The Morgan fingerprint density at radius 2 is 1.65 bits per heavy atom. The van der Waals surface area contributed by atoms with Crippen LogP contribution in [0.5, 0.6) is 5.75 Å². The highest BCUT2D eigenvalue weighted by atomic mass is 32.2. The topological polar surface area (TPSA) is 135 Å². The Bertz CT molecular complexity index is 2060. The van der Waals surface area contributed by atoms with Crippen LogP contribution in [0.4, 0.5) is 11.4 Å². The maximum Gasteiger partial charge on any atom is 0.338 e. The van der Waals surface area contributed by atoms with Crippen molar-refractivity contribution < 1.29 is 28.7 Å². The number of nitrogens with zero attached hydrogens (tertiary/aromatic N) is 1. The van der Waals surface area contributed by atoms with Crippen molar-refractivity contribution in [3.63, 3.8) is 0 Å². The Kier molecular flexibility index (Phi) is 7.95. The number of anilines is 2. The molecule has 7 atom stereocenters. The number of carbonyl (C=O) groups excluding carboxylic acids is 4. The Labute approximate surface area is 290 Å². The average Bonchev–Trinajstić information content (AvgIpc) is 3.84. The predicted molar refractivity (Wildman–Crippen MR) is 185 cm³/mol. The molecule has 6 unspecified atom stereocenters. The van der Waals surface area contributed by atoms with Crippen molar-refractivity contribution in [2.45, 2.75) is 36.5 Å². The lowest BCUT2D eigenvalue weighted by molar-refractivity contribution is -0.123. The Morgan fingerprint density at radius 3 is 2.41 bits per heavy atom. The largest absolute Gasteiger partial charge is 0.483 e. The van der Waals surface area contributed by atoms with Crippen LogP contribution < -0.4 is 19.8 Å². The van der Waals surface area contributed by atoms with E-state index < -0.39 is 17.8 Å². The lowest BCUT2D eigenvalue weighted by Gasteiger charge is -2.43. The number of aromatic nitrogens is 1. The van der Waals surface area contributed by atoms with Gasteiger partial charge in [0.25, 0.3) is 5.91 Å². The van der Waals surface area contributed by atoms with Gasteiger partial charge in [-0.2, -0.15) is 0 Å². The van der Waals surface area contributed by atoms with Crippen molar-refractivity contribution in [2.75, 3.05) is 23.4 Å².